The number of hydrogen-bond acceptors (Lipinski definition) is 9. The van der Waals surface area contributed by atoms with Gasteiger partial charge in [0.25, 0.3) is 0 Å². The Balaban J connectivity index is 0.908. The van der Waals surface area contributed by atoms with Crippen molar-refractivity contribution in [2.45, 2.75) is 106 Å². The molecule has 1 aliphatic carbocycles. The number of ether oxygens (including phenoxy) is 1. The number of rotatable bonds is 16. The number of nitrogens with one attached hydrogen (secondary N) is 2. The number of phenolic OH excluding ortho intramolecular Hbond substituents is 1. The predicted octanol–water partition coefficient (Wildman–Crippen LogP) is 6.73. The Morgan fingerprint density at radius 1 is 0.925 bits per heavy atom. The van der Waals surface area contributed by atoms with Crippen molar-refractivity contribution in [3.63, 3.8) is 0 Å². The van der Waals surface area contributed by atoms with E-state index < -0.39 is 15.9 Å². The lowest BCUT2D eigenvalue weighted by atomic mass is 9.92. The van der Waals surface area contributed by atoms with E-state index in [0.29, 0.717) is 41.4 Å². The number of pyridine rings is 1. The highest BCUT2D eigenvalue weighted by molar-refractivity contribution is 7.91. The highest BCUT2D eigenvalue weighted by atomic mass is 32.2. The number of aromatic nitrogens is 1. The molecule has 2 heterocycles. The third kappa shape index (κ3) is 9.69. The summed E-state index contributed by atoms with van der Waals surface area (Å²) in [6.07, 6.45) is 9.66. The summed E-state index contributed by atoms with van der Waals surface area (Å²) in [4.78, 5) is 20.1. The maximum Gasteiger partial charge on any atom is 0.248 e. The van der Waals surface area contributed by atoms with E-state index in [-0.39, 0.29) is 27.1 Å². The third-order valence-electron chi connectivity index (χ3n) is 11.2. The van der Waals surface area contributed by atoms with Crippen LogP contribution in [0, 0.1) is 0 Å². The second-order valence-corrected chi connectivity index (χ2v) is 16.8. The second-order valence-electron chi connectivity index (χ2n) is 14.9. The molecule has 3 aromatic carbocycles. The van der Waals surface area contributed by atoms with Crippen molar-refractivity contribution in [3.05, 3.63) is 94.3 Å². The van der Waals surface area contributed by atoms with Gasteiger partial charge in [0.2, 0.25) is 15.4 Å². The number of sulfone groups is 1. The maximum atomic E-state index is 13.6. The minimum absolute atomic E-state index is 0.0300. The van der Waals surface area contributed by atoms with Gasteiger partial charge in [-0.2, -0.15) is 0 Å². The molecule has 1 saturated heterocycles. The molecule has 11 heteroatoms. The van der Waals surface area contributed by atoms with Gasteiger partial charge in [-0.05, 0) is 99.7 Å². The third-order valence-corrected chi connectivity index (χ3v) is 13.0. The molecule has 0 bridgehead atoms. The lowest BCUT2D eigenvalue weighted by Crippen LogP contribution is -2.56. The molecular formula is C42H56N4O6S. The highest BCUT2D eigenvalue weighted by Gasteiger charge is 2.32. The average Bonchev–Trinajstić information content (AvgIpc) is 3.17. The minimum Gasteiger partial charge on any atom is -0.506 e. The van der Waals surface area contributed by atoms with Gasteiger partial charge in [-0.3, -0.25) is 14.6 Å². The van der Waals surface area contributed by atoms with E-state index in [4.69, 9.17) is 4.74 Å². The SMILES string of the molecule is C[C@@H]1CN([C@@H](C)c2ccc(S(=O)(=O)c3cccc(OCCCCCCNC[C@H](O)c4ccc(O)c5[nH]c(=O)ccc45)c3)cc2)CCN1C1CCCCC1. The number of H-pyrrole nitrogens is 1. The molecule has 1 aromatic heterocycles. The lowest BCUT2D eigenvalue weighted by molar-refractivity contribution is 0.0196. The molecule has 53 heavy (non-hydrogen) atoms. The fraction of sp³-hybridized carbons (Fsp3) is 0.500. The standard InChI is InChI=1S/C42H56N4O6S/c1-30-29-45(24-25-46(30)33-11-6-5-7-12-33)31(2)32-15-17-35(18-16-32)53(50,51)36-14-10-13-34(27-36)52-26-9-4-3-8-23-43-28-40(48)37-19-21-39(47)42-38(37)20-22-41(49)44-42/h10,13-22,27,30-31,33,40,43,47-48H,3-9,11-12,23-26,28-29H2,1-2H3,(H,44,49)/t30-,31+,40+/m1/s1. The molecule has 0 radical (unpaired) electrons. The summed E-state index contributed by atoms with van der Waals surface area (Å²) < 4.78 is 33.1. The van der Waals surface area contributed by atoms with Crippen LogP contribution in [0.1, 0.15) is 94.9 Å². The molecule has 4 aromatic rings. The zero-order valence-electron chi connectivity index (χ0n) is 31.2. The molecule has 3 atom stereocenters. The normalized spacial score (nSPS) is 19.0. The number of benzene rings is 3. The smallest absolute Gasteiger partial charge is 0.248 e. The molecule has 2 aliphatic rings. The van der Waals surface area contributed by atoms with Crippen LogP contribution in [0.25, 0.3) is 10.9 Å². The van der Waals surface area contributed by atoms with E-state index in [0.717, 1.165) is 63.5 Å². The van der Waals surface area contributed by atoms with Crippen LogP contribution in [0.2, 0.25) is 0 Å². The first kappa shape index (κ1) is 39.0. The first-order chi connectivity index (χ1) is 25.6. The zero-order chi connectivity index (χ0) is 37.4. The van der Waals surface area contributed by atoms with Gasteiger partial charge in [0.15, 0.2) is 0 Å². The summed E-state index contributed by atoms with van der Waals surface area (Å²) in [7, 11) is -3.69. The van der Waals surface area contributed by atoms with Crippen molar-refractivity contribution >= 4 is 20.7 Å². The van der Waals surface area contributed by atoms with Gasteiger partial charge in [-0.1, -0.05) is 56.4 Å². The topological polar surface area (TPSA) is 135 Å². The fourth-order valence-electron chi connectivity index (χ4n) is 8.10. The number of nitrogens with zero attached hydrogens (tertiary/aromatic N) is 2. The Hall–Kier alpha value is -3.74. The van der Waals surface area contributed by atoms with E-state index in [1.165, 1.54) is 44.2 Å². The number of fused-ring (bicyclic) bond motifs is 1. The molecular weight excluding hydrogens is 689 g/mol. The molecule has 0 spiro atoms. The number of unbranched alkanes of at least 4 members (excludes halogenated alkanes) is 3. The van der Waals surface area contributed by atoms with E-state index in [2.05, 4.69) is 33.9 Å². The number of aromatic hydroxyl groups is 1. The van der Waals surface area contributed by atoms with Crippen LogP contribution in [0.15, 0.2) is 87.4 Å². The van der Waals surface area contributed by atoms with Gasteiger partial charge in [0.1, 0.15) is 11.5 Å². The van der Waals surface area contributed by atoms with Crippen molar-refractivity contribution in [1.82, 2.24) is 20.1 Å². The molecule has 6 rings (SSSR count). The van der Waals surface area contributed by atoms with Crippen molar-refractivity contribution in [2.75, 3.05) is 39.3 Å². The van der Waals surface area contributed by atoms with Gasteiger partial charge in [0, 0.05) is 55.8 Å². The second kappa shape index (κ2) is 18.1. The number of hydrogen-bond donors (Lipinski definition) is 4. The molecule has 286 valence electrons. The molecule has 0 amide bonds. The van der Waals surface area contributed by atoms with Crippen LogP contribution in [-0.4, -0.2) is 84.8 Å². The molecule has 2 fully saturated rings. The Kier molecular flexibility index (Phi) is 13.3. The summed E-state index contributed by atoms with van der Waals surface area (Å²) in [5.74, 6) is 0.511. The monoisotopic (exact) mass is 744 g/mol. The van der Waals surface area contributed by atoms with Gasteiger partial charge in [-0.25, -0.2) is 8.42 Å². The largest absolute Gasteiger partial charge is 0.506 e. The maximum absolute atomic E-state index is 13.6. The van der Waals surface area contributed by atoms with Crippen molar-refractivity contribution < 1.29 is 23.4 Å². The number of phenols is 1. The van der Waals surface area contributed by atoms with Crippen LogP contribution in [0.5, 0.6) is 11.5 Å². The van der Waals surface area contributed by atoms with E-state index in [1.54, 1.807) is 48.5 Å². The first-order valence-corrected chi connectivity index (χ1v) is 20.9. The highest BCUT2D eigenvalue weighted by Crippen LogP contribution is 2.31. The summed E-state index contributed by atoms with van der Waals surface area (Å²) in [5, 5.41) is 24.7. The first-order valence-electron chi connectivity index (χ1n) is 19.4. The van der Waals surface area contributed by atoms with Gasteiger partial charge >= 0.3 is 0 Å². The molecule has 1 aliphatic heterocycles. The van der Waals surface area contributed by atoms with E-state index in [1.807, 2.05) is 12.1 Å². The lowest BCUT2D eigenvalue weighted by Gasteiger charge is -2.46. The minimum atomic E-state index is -3.69. The number of aromatic amines is 1. The number of aliphatic hydroxyl groups is 1. The summed E-state index contributed by atoms with van der Waals surface area (Å²) in [6, 6.07) is 21.8. The molecule has 1 saturated carbocycles. The number of piperazine rings is 1. The van der Waals surface area contributed by atoms with E-state index in [9.17, 15) is 23.4 Å². The Bertz CT molecular complexity index is 1960. The molecule has 10 nitrogen and oxygen atoms in total. The van der Waals surface area contributed by atoms with E-state index >= 15 is 0 Å². The fourth-order valence-corrected chi connectivity index (χ4v) is 9.40. The van der Waals surface area contributed by atoms with Crippen molar-refractivity contribution in [1.29, 1.82) is 0 Å². The summed E-state index contributed by atoms with van der Waals surface area (Å²) >= 11 is 0. The van der Waals surface area contributed by atoms with Crippen molar-refractivity contribution in [3.8, 4) is 11.5 Å². The summed E-state index contributed by atoms with van der Waals surface area (Å²) in [6.45, 7) is 9.31. The Morgan fingerprint density at radius 2 is 1.70 bits per heavy atom. The van der Waals surface area contributed by atoms with Crippen LogP contribution in [0.4, 0.5) is 0 Å². The molecule has 0 unspecified atom stereocenters. The molecule has 4 N–H and O–H groups in total. The van der Waals surface area contributed by atoms with Crippen LogP contribution >= 0.6 is 0 Å². The zero-order valence-corrected chi connectivity index (χ0v) is 32.0. The number of aliphatic hydroxyl groups excluding tert-OH is 1. The van der Waals surface area contributed by atoms with Gasteiger partial charge in [0.05, 0.1) is 28.0 Å². The Morgan fingerprint density at radius 3 is 2.47 bits per heavy atom. The van der Waals surface area contributed by atoms with Gasteiger partial charge < -0.3 is 25.3 Å². The van der Waals surface area contributed by atoms with Gasteiger partial charge in [-0.15, -0.1) is 0 Å². The quantitative estimate of drug-likeness (QED) is 0.0922. The average molecular weight is 745 g/mol. The predicted molar refractivity (Wildman–Crippen MR) is 209 cm³/mol. The van der Waals surface area contributed by atoms with Crippen LogP contribution < -0.4 is 15.6 Å². The Labute approximate surface area is 314 Å². The van der Waals surface area contributed by atoms with Crippen LogP contribution in [0.3, 0.4) is 0 Å². The van der Waals surface area contributed by atoms with Crippen LogP contribution in [-0.2, 0) is 9.84 Å². The van der Waals surface area contributed by atoms with Crippen molar-refractivity contribution in [2.24, 2.45) is 0 Å². The summed E-state index contributed by atoms with van der Waals surface area (Å²) in [5.41, 5.74) is 1.79.